The second-order valence-electron chi connectivity index (χ2n) is 5.85. The topological polar surface area (TPSA) is 90.9 Å². The second kappa shape index (κ2) is 11.4. The molecule has 2 aromatic rings. The lowest BCUT2D eigenvalue weighted by Gasteiger charge is -2.09. The van der Waals surface area contributed by atoms with E-state index in [1.54, 1.807) is 24.3 Å². The Balaban J connectivity index is 1.53. The van der Waals surface area contributed by atoms with Crippen LogP contribution in [0.15, 0.2) is 54.6 Å². The van der Waals surface area contributed by atoms with Gasteiger partial charge in [-0.1, -0.05) is 18.2 Å². The van der Waals surface area contributed by atoms with Gasteiger partial charge in [0.05, 0.1) is 19.6 Å². The third kappa shape index (κ3) is 7.90. The molecule has 0 radical (unpaired) electrons. The number of para-hydroxylation sites is 1. The average Bonchev–Trinajstić information content (AvgIpc) is 2.71. The summed E-state index contributed by atoms with van der Waals surface area (Å²) in [6.45, 7) is 1.88. The van der Waals surface area contributed by atoms with Crippen molar-refractivity contribution in [3.63, 3.8) is 0 Å². The van der Waals surface area contributed by atoms with Gasteiger partial charge in [0.15, 0.2) is 12.4 Å². The van der Waals surface area contributed by atoms with Crippen molar-refractivity contribution in [1.82, 2.24) is 5.32 Å². The summed E-state index contributed by atoms with van der Waals surface area (Å²) in [5, 5.41) is 2.60. The molecule has 0 unspecified atom stereocenters. The molecule has 0 aliphatic heterocycles. The first-order chi connectivity index (χ1) is 13.5. The second-order valence-corrected chi connectivity index (χ2v) is 5.85. The predicted octanol–water partition coefficient (Wildman–Crippen LogP) is 2.40. The number of Topliss-reactive ketones (excluding diaryl/α,β-unsaturated/α-hetero) is 1. The van der Waals surface area contributed by atoms with Gasteiger partial charge in [-0.2, -0.15) is 0 Å². The fourth-order valence-electron chi connectivity index (χ4n) is 2.18. The number of hydrogen-bond acceptors (Lipinski definition) is 6. The molecule has 0 bridgehead atoms. The lowest BCUT2D eigenvalue weighted by atomic mass is 10.1. The van der Waals surface area contributed by atoms with Gasteiger partial charge in [-0.15, -0.1) is 0 Å². The smallest absolute Gasteiger partial charge is 0.309 e. The SMILES string of the molecule is CC(=O)c1ccc(OCCC(=O)OCC(=O)NCCOc2ccccc2)cc1. The quantitative estimate of drug-likeness (QED) is 0.363. The highest BCUT2D eigenvalue weighted by Gasteiger charge is 2.08. The minimum Gasteiger partial charge on any atom is -0.493 e. The summed E-state index contributed by atoms with van der Waals surface area (Å²) in [5.41, 5.74) is 0.590. The molecule has 0 aliphatic carbocycles. The molecule has 2 aromatic carbocycles. The molecule has 7 nitrogen and oxygen atoms in total. The maximum atomic E-state index is 11.6. The number of nitrogens with one attached hydrogen (secondary N) is 1. The zero-order chi connectivity index (χ0) is 20.2. The monoisotopic (exact) mass is 385 g/mol. The minimum atomic E-state index is -0.531. The summed E-state index contributed by atoms with van der Waals surface area (Å²) in [5.74, 6) is 0.315. The van der Waals surface area contributed by atoms with Crippen LogP contribution in [0, 0.1) is 0 Å². The third-order valence-electron chi connectivity index (χ3n) is 3.64. The van der Waals surface area contributed by atoms with Crippen LogP contribution in [-0.4, -0.2) is 44.0 Å². The molecule has 0 aliphatic rings. The number of hydrogen-bond donors (Lipinski definition) is 1. The van der Waals surface area contributed by atoms with E-state index in [2.05, 4.69) is 5.32 Å². The Morgan fingerprint density at radius 1 is 0.857 bits per heavy atom. The summed E-state index contributed by atoms with van der Waals surface area (Å²) in [4.78, 5) is 34.5. The van der Waals surface area contributed by atoms with Gasteiger partial charge in [-0.25, -0.2) is 0 Å². The van der Waals surface area contributed by atoms with Gasteiger partial charge in [0.2, 0.25) is 0 Å². The maximum absolute atomic E-state index is 11.6. The Kier molecular flexibility index (Phi) is 8.52. The molecule has 2 rings (SSSR count). The lowest BCUT2D eigenvalue weighted by Crippen LogP contribution is -2.32. The van der Waals surface area contributed by atoms with Crippen molar-refractivity contribution >= 4 is 17.7 Å². The molecule has 0 saturated carbocycles. The zero-order valence-corrected chi connectivity index (χ0v) is 15.7. The summed E-state index contributed by atoms with van der Waals surface area (Å²) >= 11 is 0. The van der Waals surface area contributed by atoms with E-state index in [-0.39, 0.29) is 25.4 Å². The Morgan fingerprint density at radius 2 is 1.50 bits per heavy atom. The van der Waals surface area contributed by atoms with E-state index in [0.717, 1.165) is 5.75 Å². The van der Waals surface area contributed by atoms with Crippen LogP contribution in [-0.2, 0) is 14.3 Å². The highest BCUT2D eigenvalue weighted by molar-refractivity contribution is 5.94. The number of esters is 1. The Hall–Kier alpha value is -3.35. The van der Waals surface area contributed by atoms with Crippen LogP contribution in [0.2, 0.25) is 0 Å². The Labute approximate surface area is 163 Å². The van der Waals surface area contributed by atoms with Crippen molar-refractivity contribution < 1.29 is 28.6 Å². The molecule has 0 saturated heterocycles. The number of ether oxygens (including phenoxy) is 3. The van der Waals surface area contributed by atoms with Gasteiger partial charge in [-0.05, 0) is 43.3 Å². The van der Waals surface area contributed by atoms with Crippen LogP contribution in [0.3, 0.4) is 0 Å². The zero-order valence-electron chi connectivity index (χ0n) is 15.7. The van der Waals surface area contributed by atoms with Crippen molar-refractivity contribution in [3.05, 3.63) is 60.2 Å². The predicted molar refractivity (Wildman–Crippen MR) is 102 cm³/mol. The molecule has 0 spiro atoms. The van der Waals surface area contributed by atoms with E-state index >= 15 is 0 Å². The molecule has 0 aromatic heterocycles. The standard InChI is InChI=1S/C21H23NO6/c1-16(23)17-7-9-19(10-8-17)26-13-11-21(25)28-15-20(24)22-12-14-27-18-5-3-2-4-6-18/h2-10H,11-15H2,1H3,(H,22,24). The van der Waals surface area contributed by atoms with E-state index in [0.29, 0.717) is 24.5 Å². The average molecular weight is 385 g/mol. The van der Waals surface area contributed by atoms with Gasteiger partial charge < -0.3 is 19.5 Å². The van der Waals surface area contributed by atoms with Gasteiger partial charge >= 0.3 is 5.97 Å². The largest absolute Gasteiger partial charge is 0.493 e. The molecule has 0 heterocycles. The number of rotatable bonds is 11. The lowest BCUT2D eigenvalue weighted by molar-refractivity contribution is -0.149. The van der Waals surface area contributed by atoms with Crippen LogP contribution < -0.4 is 14.8 Å². The molecular weight excluding hydrogens is 362 g/mol. The van der Waals surface area contributed by atoms with Gasteiger partial charge in [0, 0.05) is 5.56 Å². The number of ketones is 1. The summed E-state index contributed by atoms with van der Waals surface area (Å²) in [6.07, 6.45) is 0.0128. The summed E-state index contributed by atoms with van der Waals surface area (Å²) < 4.78 is 15.7. The van der Waals surface area contributed by atoms with Gasteiger partial charge in [-0.3, -0.25) is 14.4 Å². The molecule has 148 valence electrons. The summed E-state index contributed by atoms with van der Waals surface area (Å²) in [6, 6.07) is 15.9. The van der Waals surface area contributed by atoms with Crippen LogP contribution >= 0.6 is 0 Å². The van der Waals surface area contributed by atoms with Crippen molar-refractivity contribution in [3.8, 4) is 11.5 Å². The van der Waals surface area contributed by atoms with Crippen LogP contribution in [0.25, 0.3) is 0 Å². The highest BCUT2D eigenvalue weighted by Crippen LogP contribution is 2.12. The first kappa shape index (κ1) is 21.0. The van der Waals surface area contributed by atoms with E-state index < -0.39 is 11.9 Å². The minimum absolute atomic E-state index is 0.0128. The Morgan fingerprint density at radius 3 is 2.18 bits per heavy atom. The first-order valence-electron chi connectivity index (χ1n) is 8.88. The number of benzene rings is 2. The summed E-state index contributed by atoms with van der Waals surface area (Å²) in [7, 11) is 0. The number of carbonyl (C=O) groups is 3. The maximum Gasteiger partial charge on any atom is 0.309 e. The van der Waals surface area contributed by atoms with E-state index in [9.17, 15) is 14.4 Å². The van der Waals surface area contributed by atoms with Crippen LogP contribution in [0.1, 0.15) is 23.7 Å². The van der Waals surface area contributed by atoms with Gasteiger partial charge in [0.25, 0.3) is 5.91 Å². The molecule has 7 heteroatoms. The molecule has 0 fully saturated rings. The van der Waals surface area contributed by atoms with Crippen molar-refractivity contribution in [2.45, 2.75) is 13.3 Å². The van der Waals surface area contributed by atoms with Gasteiger partial charge in [0.1, 0.15) is 18.1 Å². The molecular formula is C21H23NO6. The molecule has 1 N–H and O–H groups in total. The fourth-order valence-corrected chi connectivity index (χ4v) is 2.18. The van der Waals surface area contributed by atoms with E-state index in [1.165, 1.54) is 6.92 Å². The Bertz CT molecular complexity index is 773. The third-order valence-corrected chi connectivity index (χ3v) is 3.64. The normalized spacial score (nSPS) is 10.0. The van der Waals surface area contributed by atoms with Crippen molar-refractivity contribution in [1.29, 1.82) is 0 Å². The first-order valence-corrected chi connectivity index (χ1v) is 8.88. The van der Waals surface area contributed by atoms with Crippen LogP contribution in [0.4, 0.5) is 0 Å². The highest BCUT2D eigenvalue weighted by atomic mass is 16.5. The number of carbonyl (C=O) groups excluding carboxylic acids is 3. The van der Waals surface area contributed by atoms with Crippen LogP contribution in [0.5, 0.6) is 11.5 Å². The van der Waals surface area contributed by atoms with E-state index in [1.807, 2.05) is 30.3 Å². The number of amides is 1. The molecule has 28 heavy (non-hydrogen) atoms. The molecule has 1 amide bonds. The van der Waals surface area contributed by atoms with E-state index in [4.69, 9.17) is 14.2 Å². The van der Waals surface area contributed by atoms with Crippen molar-refractivity contribution in [2.75, 3.05) is 26.4 Å². The molecule has 0 atom stereocenters. The fraction of sp³-hybridized carbons (Fsp3) is 0.286. The van der Waals surface area contributed by atoms with Crippen molar-refractivity contribution in [2.24, 2.45) is 0 Å².